The molecule has 0 saturated carbocycles. The summed E-state index contributed by atoms with van der Waals surface area (Å²) in [6.07, 6.45) is 2.41. The maximum atomic E-state index is 5.19. The van der Waals surface area contributed by atoms with E-state index in [9.17, 15) is 0 Å². The Balaban J connectivity index is 1.98. The summed E-state index contributed by atoms with van der Waals surface area (Å²) in [6.45, 7) is 5.18. The smallest absolute Gasteiger partial charge is 0.0620 e. The molecule has 0 aromatic carbocycles. The summed E-state index contributed by atoms with van der Waals surface area (Å²) in [5.74, 6) is 0. The Labute approximate surface area is 56.6 Å². The lowest BCUT2D eigenvalue weighted by Gasteiger charge is -2.07. The van der Waals surface area contributed by atoms with Gasteiger partial charge < -0.3 is 10.1 Å². The second kappa shape index (κ2) is 3.85. The highest BCUT2D eigenvalue weighted by atomic mass is 16.5. The van der Waals surface area contributed by atoms with Gasteiger partial charge in [-0.3, -0.25) is 0 Å². The van der Waals surface area contributed by atoms with Gasteiger partial charge in [-0.15, -0.1) is 0 Å². The van der Waals surface area contributed by atoms with Gasteiger partial charge in [-0.1, -0.05) is 6.92 Å². The average Bonchev–Trinajstić information content (AvgIpc) is 2.34. The third kappa shape index (κ3) is 2.33. The molecule has 1 saturated heterocycles. The fraction of sp³-hybridized carbons (Fsp3) is 1.00. The van der Waals surface area contributed by atoms with Gasteiger partial charge in [0.2, 0.25) is 0 Å². The summed E-state index contributed by atoms with van der Waals surface area (Å²) >= 11 is 0. The molecular weight excluding hydrogens is 114 g/mol. The normalized spacial score (nSPS) is 27.0. The summed E-state index contributed by atoms with van der Waals surface area (Å²) < 4.78 is 5.19. The van der Waals surface area contributed by atoms with Gasteiger partial charge in [-0.2, -0.15) is 0 Å². The van der Waals surface area contributed by atoms with E-state index in [1.54, 1.807) is 0 Å². The number of hydrogen-bond donors (Lipinski definition) is 1. The fourth-order valence-electron chi connectivity index (χ4n) is 1.04. The molecule has 1 atom stereocenters. The van der Waals surface area contributed by atoms with Crippen molar-refractivity contribution in [3.05, 3.63) is 0 Å². The predicted octanol–water partition coefficient (Wildman–Crippen LogP) is 0.775. The largest absolute Gasteiger partial charge is 0.380 e. The quantitative estimate of drug-likeness (QED) is 0.608. The van der Waals surface area contributed by atoms with Gasteiger partial charge in [0.05, 0.1) is 6.61 Å². The van der Waals surface area contributed by atoms with Crippen LogP contribution in [0.25, 0.3) is 0 Å². The highest BCUT2D eigenvalue weighted by molar-refractivity contribution is 4.69. The second-order valence-electron chi connectivity index (χ2n) is 2.51. The van der Waals surface area contributed by atoms with Crippen LogP contribution in [0.1, 0.15) is 19.8 Å². The Bertz CT molecular complexity index is 69.3. The molecule has 1 aliphatic rings. The Hall–Kier alpha value is -0.0800. The van der Waals surface area contributed by atoms with Crippen LogP contribution >= 0.6 is 0 Å². The molecule has 2 nitrogen and oxygen atoms in total. The van der Waals surface area contributed by atoms with E-state index in [2.05, 4.69) is 12.2 Å². The van der Waals surface area contributed by atoms with Gasteiger partial charge in [0.15, 0.2) is 0 Å². The zero-order valence-corrected chi connectivity index (χ0v) is 6.02. The summed E-state index contributed by atoms with van der Waals surface area (Å²) in [4.78, 5) is 0. The maximum Gasteiger partial charge on any atom is 0.0620 e. The highest BCUT2D eigenvalue weighted by Crippen LogP contribution is 2.02. The molecule has 0 radical (unpaired) electrons. The van der Waals surface area contributed by atoms with Crippen LogP contribution in [-0.4, -0.2) is 25.8 Å². The minimum atomic E-state index is 0.643. The molecule has 0 bridgehead atoms. The highest BCUT2D eigenvalue weighted by Gasteiger charge is 2.12. The monoisotopic (exact) mass is 129 g/mol. The van der Waals surface area contributed by atoms with Crippen molar-refractivity contribution in [3.8, 4) is 0 Å². The lowest BCUT2D eigenvalue weighted by atomic mass is 10.2. The standard InChI is InChI=1S/C7H15NO/c1-2-4-8-7-3-5-9-6-7/h7-8H,2-6H2,1H3/t7-/m1/s1. The lowest BCUT2D eigenvalue weighted by Crippen LogP contribution is -2.29. The zero-order valence-electron chi connectivity index (χ0n) is 6.02. The average molecular weight is 129 g/mol. The van der Waals surface area contributed by atoms with Crippen molar-refractivity contribution in [2.45, 2.75) is 25.8 Å². The van der Waals surface area contributed by atoms with E-state index in [1.807, 2.05) is 0 Å². The molecule has 0 aromatic heterocycles. The van der Waals surface area contributed by atoms with E-state index in [1.165, 1.54) is 12.8 Å². The summed E-state index contributed by atoms with van der Waals surface area (Å²) in [6, 6.07) is 0.643. The molecule has 0 spiro atoms. The van der Waals surface area contributed by atoms with Crippen LogP contribution in [-0.2, 0) is 4.74 Å². The first kappa shape index (κ1) is 7.03. The van der Waals surface area contributed by atoms with E-state index in [0.29, 0.717) is 6.04 Å². The van der Waals surface area contributed by atoms with Crippen LogP contribution in [0.4, 0.5) is 0 Å². The van der Waals surface area contributed by atoms with E-state index in [0.717, 1.165) is 19.8 Å². The third-order valence-corrected chi connectivity index (χ3v) is 1.61. The number of ether oxygens (including phenoxy) is 1. The van der Waals surface area contributed by atoms with Crippen molar-refractivity contribution < 1.29 is 4.74 Å². The first-order valence-electron chi connectivity index (χ1n) is 3.74. The molecule has 1 N–H and O–H groups in total. The van der Waals surface area contributed by atoms with E-state index < -0.39 is 0 Å². The Morgan fingerprint density at radius 1 is 1.67 bits per heavy atom. The molecule has 0 amide bonds. The number of hydrogen-bond acceptors (Lipinski definition) is 2. The minimum Gasteiger partial charge on any atom is -0.380 e. The predicted molar refractivity (Wildman–Crippen MR) is 37.5 cm³/mol. The fourth-order valence-corrected chi connectivity index (χ4v) is 1.04. The Morgan fingerprint density at radius 3 is 3.11 bits per heavy atom. The summed E-state index contributed by atoms with van der Waals surface area (Å²) in [5, 5.41) is 3.41. The van der Waals surface area contributed by atoms with Crippen molar-refractivity contribution >= 4 is 0 Å². The van der Waals surface area contributed by atoms with Crippen LogP contribution in [0.2, 0.25) is 0 Å². The molecule has 9 heavy (non-hydrogen) atoms. The van der Waals surface area contributed by atoms with Gasteiger partial charge in [0, 0.05) is 12.6 Å². The topological polar surface area (TPSA) is 21.3 Å². The Kier molecular flexibility index (Phi) is 3.01. The zero-order chi connectivity index (χ0) is 6.53. The second-order valence-corrected chi connectivity index (χ2v) is 2.51. The SMILES string of the molecule is CCCN[C@@H]1CCOC1. The van der Waals surface area contributed by atoms with Gasteiger partial charge in [-0.05, 0) is 19.4 Å². The molecule has 0 aliphatic carbocycles. The summed E-state index contributed by atoms with van der Waals surface area (Å²) in [5.41, 5.74) is 0. The van der Waals surface area contributed by atoms with Crippen LogP contribution in [0.3, 0.4) is 0 Å². The first-order chi connectivity index (χ1) is 4.43. The van der Waals surface area contributed by atoms with Gasteiger partial charge >= 0.3 is 0 Å². The molecule has 54 valence electrons. The third-order valence-electron chi connectivity index (χ3n) is 1.61. The van der Waals surface area contributed by atoms with E-state index in [-0.39, 0.29) is 0 Å². The van der Waals surface area contributed by atoms with Gasteiger partial charge in [-0.25, -0.2) is 0 Å². The lowest BCUT2D eigenvalue weighted by molar-refractivity contribution is 0.190. The minimum absolute atomic E-state index is 0.643. The first-order valence-corrected chi connectivity index (χ1v) is 3.74. The molecule has 1 aliphatic heterocycles. The number of nitrogens with one attached hydrogen (secondary N) is 1. The molecule has 1 rings (SSSR count). The van der Waals surface area contributed by atoms with Crippen LogP contribution < -0.4 is 5.32 Å². The molecule has 1 heterocycles. The molecular formula is C7H15NO. The van der Waals surface area contributed by atoms with Crippen LogP contribution in [0.5, 0.6) is 0 Å². The van der Waals surface area contributed by atoms with Crippen molar-refractivity contribution in [3.63, 3.8) is 0 Å². The van der Waals surface area contributed by atoms with Gasteiger partial charge in [0.25, 0.3) is 0 Å². The maximum absolute atomic E-state index is 5.19. The van der Waals surface area contributed by atoms with Crippen molar-refractivity contribution in [1.82, 2.24) is 5.32 Å². The molecule has 0 unspecified atom stereocenters. The van der Waals surface area contributed by atoms with Crippen LogP contribution in [0, 0.1) is 0 Å². The van der Waals surface area contributed by atoms with Crippen molar-refractivity contribution in [1.29, 1.82) is 0 Å². The molecule has 0 aromatic rings. The van der Waals surface area contributed by atoms with Crippen molar-refractivity contribution in [2.24, 2.45) is 0 Å². The summed E-state index contributed by atoms with van der Waals surface area (Å²) in [7, 11) is 0. The molecule has 1 fully saturated rings. The van der Waals surface area contributed by atoms with Crippen molar-refractivity contribution in [2.75, 3.05) is 19.8 Å². The molecule has 2 heteroatoms. The number of rotatable bonds is 3. The van der Waals surface area contributed by atoms with E-state index >= 15 is 0 Å². The van der Waals surface area contributed by atoms with E-state index in [4.69, 9.17) is 4.74 Å². The Morgan fingerprint density at radius 2 is 2.56 bits per heavy atom. The van der Waals surface area contributed by atoms with Gasteiger partial charge in [0.1, 0.15) is 0 Å². The van der Waals surface area contributed by atoms with Crippen LogP contribution in [0.15, 0.2) is 0 Å².